The highest BCUT2D eigenvalue weighted by molar-refractivity contribution is 7.07. The molecule has 20 heavy (non-hydrogen) atoms. The third kappa shape index (κ3) is 2.23. The lowest BCUT2D eigenvalue weighted by Gasteiger charge is -2.32. The molecule has 0 fully saturated rings. The second kappa shape index (κ2) is 5.34. The van der Waals surface area contributed by atoms with E-state index in [0.29, 0.717) is 25.4 Å². The SMILES string of the molecule is COC[C@H]1CN(C(=O)c2cscn2)Cc2ncn(C)c21. The fraction of sp³-hybridized carbons (Fsp3) is 0.462. The first-order chi connectivity index (χ1) is 9.70. The van der Waals surface area contributed by atoms with E-state index in [1.165, 1.54) is 11.3 Å². The summed E-state index contributed by atoms with van der Waals surface area (Å²) in [5.74, 6) is 0.113. The second-order valence-electron chi connectivity index (χ2n) is 4.90. The minimum absolute atomic E-state index is 0.0383. The number of methoxy groups -OCH3 is 1. The van der Waals surface area contributed by atoms with Crippen LogP contribution < -0.4 is 0 Å². The van der Waals surface area contributed by atoms with Crippen molar-refractivity contribution >= 4 is 17.2 Å². The Labute approximate surface area is 121 Å². The Balaban J connectivity index is 1.88. The molecule has 2 aromatic heterocycles. The van der Waals surface area contributed by atoms with Crippen molar-refractivity contribution in [2.24, 2.45) is 7.05 Å². The lowest BCUT2D eigenvalue weighted by atomic mass is 9.99. The number of nitrogens with zero attached hydrogens (tertiary/aromatic N) is 4. The first-order valence-electron chi connectivity index (χ1n) is 6.37. The van der Waals surface area contributed by atoms with Gasteiger partial charge in [-0.15, -0.1) is 11.3 Å². The highest BCUT2D eigenvalue weighted by Crippen LogP contribution is 2.28. The second-order valence-corrected chi connectivity index (χ2v) is 5.62. The number of carbonyl (C=O) groups is 1. The van der Waals surface area contributed by atoms with Crippen molar-refractivity contribution in [1.29, 1.82) is 0 Å². The van der Waals surface area contributed by atoms with Crippen LogP contribution >= 0.6 is 11.3 Å². The minimum Gasteiger partial charge on any atom is -0.384 e. The molecule has 106 valence electrons. The van der Waals surface area contributed by atoms with Gasteiger partial charge < -0.3 is 14.2 Å². The molecule has 0 aliphatic carbocycles. The zero-order valence-electron chi connectivity index (χ0n) is 11.4. The van der Waals surface area contributed by atoms with E-state index in [9.17, 15) is 4.79 Å². The van der Waals surface area contributed by atoms with Gasteiger partial charge in [-0.25, -0.2) is 9.97 Å². The smallest absolute Gasteiger partial charge is 0.273 e. The van der Waals surface area contributed by atoms with Gasteiger partial charge in [-0.3, -0.25) is 4.79 Å². The fourth-order valence-electron chi connectivity index (χ4n) is 2.70. The average Bonchev–Trinajstić information content (AvgIpc) is 3.08. The van der Waals surface area contributed by atoms with Gasteiger partial charge in [-0.2, -0.15) is 0 Å². The number of rotatable bonds is 3. The van der Waals surface area contributed by atoms with Gasteiger partial charge in [-0.1, -0.05) is 0 Å². The van der Waals surface area contributed by atoms with Crippen LogP contribution in [0.3, 0.4) is 0 Å². The van der Waals surface area contributed by atoms with Crippen LogP contribution in [-0.4, -0.2) is 45.6 Å². The fourth-order valence-corrected chi connectivity index (χ4v) is 3.23. The Morgan fingerprint density at radius 2 is 2.40 bits per heavy atom. The maximum atomic E-state index is 12.4. The number of carbonyl (C=O) groups excluding carboxylic acids is 1. The third-order valence-electron chi connectivity index (χ3n) is 3.54. The number of aromatic nitrogens is 3. The molecule has 7 heteroatoms. The molecule has 0 unspecified atom stereocenters. The van der Waals surface area contributed by atoms with Gasteiger partial charge in [0.25, 0.3) is 5.91 Å². The molecule has 1 aliphatic heterocycles. The van der Waals surface area contributed by atoms with Crippen LogP contribution in [0.2, 0.25) is 0 Å². The van der Waals surface area contributed by atoms with Gasteiger partial charge in [0.15, 0.2) is 0 Å². The van der Waals surface area contributed by atoms with Crippen LogP contribution in [0.1, 0.15) is 27.8 Å². The number of fused-ring (bicyclic) bond motifs is 1. The number of imidazole rings is 1. The van der Waals surface area contributed by atoms with E-state index in [0.717, 1.165) is 11.4 Å². The Bertz CT molecular complexity index is 608. The minimum atomic E-state index is -0.0383. The Kier molecular flexibility index (Phi) is 3.54. The zero-order valence-corrected chi connectivity index (χ0v) is 12.3. The molecule has 1 atom stereocenters. The Morgan fingerprint density at radius 1 is 1.55 bits per heavy atom. The summed E-state index contributed by atoms with van der Waals surface area (Å²) >= 11 is 1.43. The topological polar surface area (TPSA) is 60.2 Å². The summed E-state index contributed by atoms with van der Waals surface area (Å²) in [5, 5.41) is 1.78. The van der Waals surface area contributed by atoms with E-state index >= 15 is 0 Å². The van der Waals surface area contributed by atoms with Gasteiger partial charge in [-0.05, 0) is 0 Å². The van der Waals surface area contributed by atoms with Gasteiger partial charge in [0.05, 0.1) is 30.7 Å². The summed E-state index contributed by atoms with van der Waals surface area (Å²) in [5.41, 5.74) is 4.29. The maximum absolute atomic E-state index is 12.4. The lowest BCUT2D eigenvalue weighted by Crippen LogP contribution is -2.40. The van der Waals surface area contributed by atoms with Crippen molar-refractivity contribution in [2.75, 3.05) is 20.3 Å². The van der Waals surface area contributed by atoms with Crippen LogP contribution in [0, 0.1) is 0 Å². The number of hydrogen-bond acceptors (Lipinski definition) is 5. The van der Waals surface area contributed by atoms with Crippen LogP contribution in [0.5, 0.6) is 0 Å². The van der Waals surface area contributed by atoms with Crippen molar-refractivity contribution in [1.82, 2.24) is 19.4 Å². The molecule has 1 amide bonds. The number of ether oxygens (including phenoxy) is 1. The van der Waals surface area contributed by atoms with Crippen molar-refractivity contribution in [3.05, 3.63) is 34.3 Å². The molecule has 0 aromatic carbocycles. The summed E-state index contributed by atoms with van der Waals surface area (Å²) in [6, 6.07) is 0. The van der Waals surface area contributed by atoms with Crippen LogP contribution in [0.15, 0.2) is 17.2 Å². The van der Waals surface area contributed by atoms with Gasteiger partial charge in [0, 0.05) is 37.7 Å². The number of thiazole rings is 1. The molecule has 3 heterocycles. The summed E-state index contributed by atoms with van der Waals surface area (Å²) in [6.45, 7) is 1.75. The number of amides is 1. The zero-order chi connectivity index (χ0) is 14.1. The standard InChI is InChI=1S/C13H16N4O2S/c1-16-7-14-10-4-17(3-9(5-19-2)12(10)16)13(18)11-6-20-8-15-11/h6-9H,3-5H2,1-2H3/t9-/m1/s1. The normalized spacial score (nSPS) is 18.1. The molecule has 3 rings (SSSR count). The van der Waals surface area contributed by atoms with Gasteiger partial charge >= 0.3 is 0 Å². The van der Waals surface area contributed by atoms with E-state index in [1.807, 2.05) is 11.6 Å². The van der Waals surface area contributed by atoms with Gasteiger partial charge in [0.1, 0.15) is 5.69 Å². The molecule has 0 spiro atoms. The van der Waals surface area contributed by atoms with Crippen LogP contribution in [-0.2, 0) is 18.3 Å². The highest BCUT2D eigenvalue weighted by atomic mass is 32.1. The van der Waals surface area contributed by atoms with E-state index in [4.69, 9.17) is 4.74 Å². The molecule has 0 N–H and O–H groups in total. The first kappa shape index (κ1) is 13.3. The number of aryl methyl sites for hydroxylation is 1. The highest BCUT2D eigenvalue weighted by Gasteiger charge is 2.32. The number of hydrogen-bond donors (Lipinski definition) is 0. The third-order valence-corrected chi connectivity index (χ3v) is 4.12. The average molecular weight is 292 g/mol. The van der Waals surface area contributed by atoms with E-state index < -0.39 is 0 Å². The van der Waals surface area contributed by atoms with E-state index in [-0.39, 0.29) is 11.8 Å². The van der Waals surface area contributed by atoms with E-state index in [2.05, 4.69) is 9.97 Å². The molecule has 1 aliphatic rings. The molecular weight excluding hydrogens is 276 g/mol. The van der Waals surface area contributed by atoms with E-state index in [1.54, 1.807) is 29.2 Å². The van der Waals surface area contributed by atoms with Crippen molar-refractivity contribution < 1.29 is 9.53 Å². The van der Waals surface area contributed by atoms with Crippen LogP contribution in [0.4, 0.5) is 0 Å². The monoisotopic (exact) mass is 292 g/mol. The largest absolute Gasteiger partial charge is 0.384 e. The summed E-state index contributed by atoms with van der Waals surface area (Å²) in [7, 11) is 3.66. The molecular formula is C13H16N4O2S. The quantitative estimate of drug-likeness (QED) is 0.854. The lowest BCUT2D eigenvalue weighted by molar-refractivity contribution is 0.0668. The Morgan fingerprint density at radius 3 is 3.10 bits per heavy atom. The molecule has 6 nitrogen and oxygen atoms in total. The predicted molar refractivity (Wildman–Crippen MR) is 74.7 cm³/mol. The molecule has 0 radical (unpaired) electrons. The maximum Gasteiger partial charge on any atom is 0.273 e. The molecule has 2 aromatic rings. The molecule has 0 bridgehead atoms. The van der Waals surface area contributed by atoms with Crippen molar-refractivity contribution in [3.8, 4) is 0 Å². The summed E-state index contributed by atoms with van der Waals surface area (Å²) in [6.07, 6.45) is 1.80. The van der Waals surface area contributed by atoms with Gasteiger partial charge in [0.2, 0.25) is 0 Å². The molecule has 0 saturated carbocycles. The predicted octanol–water partition coefficient (Wildman–Crippen LogP) is 1.26. The van der Waals surface area contributed by atoms with Crippen molar-refractivity contribution in [2.45, 2.75) is 12.5 Å². The Hall–Kier alpha value is -1.73. The summed E-state index contributed by atoms with van der Waals surface area (Å²) in [4.78, 5) is 22.7. The summed E-state index contributed by atoms with van der Waals surface area (Å²) < 4.78 is 7.31. The van der Waals surface area contributed by atoms with Crippen LogP contribution in [0.25, 0.3) is 0 Å². The van der Waals surface area contributed by atoms with Crippen molar-refractivity contribution in [3.63, 3.8) is 0 Å². The molecule has 0 saturated heterocycles. The first-order valence-corrected chi connectivity index (χ1v) is 7.31.